The Morgan fingerprint density at radius 1 is 0.825 bits per heavy atom. The number of hydrogen-bond acceptors (Lipinski definition) is 4. The quantitative estimate of drug-likeness (QED) is 0.150. The molecule has 212 valence electrons. The van der Waals surface area contributed by atoms with E-state index in [1.807, 2.05) is 17.0 Å². The Bertz CT molecular complexity index is 1430. The van der Waals surface area contributed by atoms with E-state index in [-0.39, 0.29) is 42.6 Å². The molecule has 5 nitrogen and oxygen atoms in total. The number of nitrogens with one attached hydrogen (secondary N) is 2. The van der Waals surface area contributed by atoms with E-state index < -0.39 is 34.8 Å². The summed E-state index contributed by atoms with van der Waals surface area (Å²) >= 11 is 11.7. The minimum atomic E-state index is -2.19. The van der Waals surface area contributed by atoms with Crippen molar-refractivity contribution in [2.24, 2.45) is 0 Å². The summed E-state index contributed by atoms with van der Waals surface area (Å²) in [5.41, 5.74) is 1.69. The summed E-state index contributed by atoms with van der Waals surface area (Å²) in [6.07, 6.45) is 0. The lowest BCUT2D eigenvalue weighted by atomic mass is 9.87. The molecule has 4 rings (SSSR count). The van der Waals surface area contributed by atoms with E-state index in [0.29, 0.717) is 22.0 Å². The Morgan fingerprint density at radius 3 is 1.88 bits per heavy atom. The summed E-state index contributed by atoms with van der Waals surface area (Å²) in [6, 6.07) is 12.2. The van der Waals surface area contributed by atoms with Gasteiger partial charge in [0.25, 0.3) is 5.91 Å². The summed E-state index contributed by atoms with van der Waals surface area (Å²) in [7, 11) is 0. The number of amides is 1. The van der Waals surface area contributed by atoms with E-state index in [0.717, 1.165) is 10.5 Å². The lowest BCUT2D eigenvalue weighted by Gasteiger charge is -2.38. The Labute approximate surface area is 238 Å². The van der Waals surface area contributed by atoms with Gasteiger partial charge in [-0.2, -0.15) is 0 Å². The van der Waals surface area contributed by atoms with Gasteiger partial charge in [0.1, 0.15) is 5.69 Å². The summed E-state index contributed by atoms with van der Waals surface area (Å²) in [4.78, 5) is 15.5. The Hall–Kier alpha value is -3.44. The van der Waals surface area contributed by atoms with Crippen LogP contribution in [-0.4, -0.2) is 37.2 Å². The topological polar surface area (TPSA) is 47.6 Å². The third-order valence-corrected chi connectivity index (χ3v) is 7.08. The van der Waals surface area contributed by atoms with Crippen molar-refractivity contribution < 1.29 is 26.7 Å². The zero-order valence-corrected chi connectivity index (χ0v) is 23.4. The number of carbonyl (C=O) groups excluding carboxylic acids is 1. The van der Waals surface area contributed by atoms with E-state index >= 15 is 0 Å². The van der Waals surface area contributed by atoms with Crippen molar-refractivity contribution in [1.82, 2.24) is 5.32 Å². The van der Waals surface area contributed by atoms with Crippen LogP contribution in [0.5, 0.6) is 0 Å². The summed E-state index contributed by atoms with van der Waals surface area (Å²) in [5.74, 6) is -10.2. The van der Waals surface area contributed by atoms with Crippen molar-refractivity contribution in [1.29, 1.82) is 0 Å². The van der Waals surface area contributed by atoms with Gasteiger partial charge in [-0.05, 0) is 53.5 Å². The van der Waals surface area contributed by atoms with Crippen molar-refractivity contribution in [2.45, 2.75) is 26.2 Å². The molecule has 3 aromatic carbocycles. The van der Waals surface area contributed by atoms with Crippen molar-refractivity contribution in [3.8, 4) is 0 Å². The van der Waals surface area contributed by atoms with Crippen LogP contribution in [0, 0.1) is 29.1 Å². The fourth-order valence-corrected chi connectivity index (χ4v) is 4.85. The van der Waals surface area contributed by atoms with E-state index in [4.69, 9.17) is 23.8 Å². The predicted molar refractivity (Wildman–Crippen MR) is 151 cm³/mol. The van der Waals surface area contributed by atoms with Gasteiger partial charge in [0.2, 0.25) is 5.82 Å². The first-order valence-electron chi connectivity index (χ1n) is 12.3. The first-order chi connectivity index (χ1) is 18.8. The Kier molecular flexibility index (Phi) is 8.55. The number of halogens is 6. The first-order valence-corrected chi connectivity index (χ1v) is 13.1. The Balaban J connectivity index is 1.37. The molecule has 0 radical (unpaired) electrons. The molecule has 0 atom stereocenters. The fourth-order valence-electron chi connectivity index (χ4n) is 4.34. The highest BCUT2D eigenvalue weighted by Crippen LogP contribution is 2.33. The van der Waals surface area contributed by atoms with Gasteiger partial charge in [-0.25, -0.2) is 22.0 Å². The second kappa shape index (κ2) is 11.6. The van der Waals surface area contributed by atoms with Crippen molar-refractivity contribution in [3.63, 3.8) is 0 Å². The van der Waals surface area contributed by atoms with Crippen LogP contribution in [-0.2, 0) is 5.41 Å². The minimum Gasteiger partial charge on any atom is -0.367 e. The van der Waals surface area contributed by atoms with Crippen LogP contribution in [0.25, 0.3) is 0 Å². The molecule has 1 heterocycles. The number of rotatable bonds is 4. The molecule has 0 bridgehead atoms. The average molecular weight is 597 g/mol. The van der Waals surface area contributed by atoms with E-state index in [1.165, 1.54) is 0 Å². The maximum Gasteiger partial charge on any atom is 0.257 e. The first kappa shape index (κ1) is 29.5. The van der Waals surface area contributed by atoms with Crippen LogP contribution in [0.1, 0.15) is 36.7 Å². The van der Waals surface area contributed by atoms with Crippen LogP contribution >= 0.6 is 23.8 Å². The maximum atomic E-state index is 14.2. The number of nitrogens with zero attached hydrogens (tertiary/aromatic N) is 2. The van der Waals surface area contributed by atoms with Crippen LogP contribution in [0.4, 0.5) is 39.0 Å². The molecule has 0 unspecified atom stereocenters. The van der Waals surface area contributed by atoms with E-state index in [1.54, 1.807) is 30.3 Å². The van der Waals surface area contributed by atoms with Crippen LogP contribution < -0.4 is 20.4 Å². The van der Waals surface area contributed by atoms with Crippen molar-refractivity contribution in [3.05, 3.63) is 87.7 Å². The molecule has 1 fully saturated rings. The molecule has 3 aromatic rings. The van der Waals surface area contributed by atoms with Crippen LogP contribution in [0.2, 0.25) is 5.02 Å². The minimum absolute atomic E-state index is 0.00152. The second-order valence-electron chi connectivity index (χ2n) is 10.3. The zero-order valence-electron chi connectivity index (χ0n) is 21.8. The molecular weight excluding hydrogens is 571 g/mol. The molecule has 0 spiro atoms. The Morgan fingerprint density at radius 2 is 1.35 bits per heavy atom. The number of carbonyl (C=O) groups is 1. The van der Waals surface area contributed by atoms with E-state index in [2.05, 4.69) is 31.4 Å². The standard InChI is InChI=1S/C28H26ClF5N4OS/c1-28(2,3)16-6-4-15(5-7-16)26(39)36-27(40)35-17-8-9-19(18(29)14-17)37-10-12-38(13-11-37)25-23(33)21(31)20(30)22(32)24(25)34/h4-9,14H,10-13H2,1-3H3,(H2,35,36,39,40). The molecule has 1 saturated heterocycles. The molecule has 12 heteroatoms. The second-order valence-corrected chi connectivity index (χ2v) is 11.1. The van der Waals surface area contributed by atoms with Crippen molar-refractivity contribution in [2.75, 3.05) is 41.3 Å². The van der Waals surface area contributed by atoms with Crippen LogP contribution in [0.3, 0.4) is 0 Å². The van der Waals surface area contributed by atoms with Gasteiger partial charge in [0.05, 0.1) is 10.7 Å². The third-order valence-electron chi connectivity index (χ3n) is 6.57. The molecule has 1 aliphatic heterocycles. The largest absolute Gasteiger partial charge is 0.367 e. The number of thiocarbonyl (C=S) groups is 1. The number of anilines is 3. The predicted octanol–water partition coefficient (Wildman–Crippen LogP) is 6.79. The maximum absolute atomic E-state index is 14.2. The van der Waals surface area contributed by atoms with Gasteiger partial charge in [0.15, 0.2) is 28.4 Å². The molecule has 2 N–H and O–H groups in total. The summed E-state index contributed by atoms with van der Waals surface area (Å²) in [5, 5.41) is 5.94. The number of hydrogen-bond donors (Lipinski definition) is 2. The van der Waals surface area contributed by atoms with Gasteiger partial charge >= 0.3 is 0 Å². The zero-order chi connectivity index (χ0) is 29.4. The number of benzene rings is 3. The van der Waals surface area contributed by atoms with Gasteiger partial charge in [0, 0.05) is 37.4 Å². The highest BCUT2D eigenvalue weighted by molar-refractivity contribution is 7.80. The molecule has 40 heavy (non-hydrogen) atoms. The van der Waals surface area contributed by atoms with Crippen molar-refractivity contribution >= 4 is 51.9 Å². The fraction of sp³-hybridized carbons (Fsp3) is 0.286. The lowest BCUT2D eigenvalue weighted by Crippen LogP contribution is -2.47. The SMILES string of the molecule is CC(C)(C)c1ccc(C(=O)NC(=S)Nc2ccc(N3CCN(c4c(F)c(F)c(F)c(F)c4F)CC3)c(Cl)c2)cc1. The third kappa shape index (κ3) is 6.15. The molecular formula is C28H26ClF5N4OS. The number of piperazine rings is 1. The van der Waals surface area contributed by atoms with E-state index in [9.17, 15) is 26.7 Å². The average Bonchev–Trinajstić information content (AvgIpc) is 2.91. The molecule has 0 saturated carbocycles. The van der Waals surface area contributed by atoms with Gasteiger partial charge in [-0.15, -0.1) is 0 Å². The summed E-state index contributed by atoms with van der Waals surface area (Å²) < 4.78 is 69.1. The molecule has 0 aromatic heterocycles. The highest BCUT2D eigenvalue weighted by atomic mass is 35.5. The molecule has 0 aliphatic carbocycles. The highest BCUT2D eigenvalue weighted by Gasteiger charge is 2.31. The normalized spacial score (nSPS) is 13.8. The van der Waals surface area contributed by atoms with Gasteiger partial charge in [-0.3, -0.25) is 10.1 Å². The molecule has 1 amide bonds. The monoisotopic (exact) mass is 596 g/mol. The summed E-state index contributed by atoms with van der Waals surface area (Å²) in [6.45, 7) is 6.68. The van der Waals surface area contributed by atoms with Gasteiger partial charge < -0.3 is 15.1 Å². The smallest absolute Gasteiger partial charge is 0.257 e. The van der Waals surface area contributed by atoms with Gasteiger partial charge in [-0.1, -0.05) is 44.5 Å². The molecule has 1 aliphatic rings. The van der Waals surface area contributed by atoms with Crippen LogP contribution in [0.15, 0.2) is 42.5 Å². The lowest BCUT2D eigenvalue weighted by molar-refractivity contribution is 0.0977.